The van der Waals surface area contributed by atoms with Crippen molar-refractivity contribution < 1.29 is 27.6 Å². The third-order valence-electron chi connectivity index (χ3n) is 2.50. The van der Waals surface area contributed by atoms with E-state index < -0.39 is 22.8 Å². The molecular weight excluding hydrogens is 288 g/mol. The van der Waals surface area contributed by atoms with Crippen molar-refractivity contribution in [3.63, 3.8) is 0 Å². The fourth-order valence-corrected chi connectivity index (χ4v) is 2.07. The second-order valence-corrected chi connectivity index (χ2v) is 5.29. The van der Waals surface area contributed by atoms with Crippen molar-refractivity contribution in [3.8, 4) is 6.07 Å². The standard InChI is InChI=1S/C11H10N2O6S/c1-18-11(14)7(5-12)10-13-8-4-6(20(15,16)17)2-3-9(8)19-10/h2-4,7,15-17H,1H3. The Morgan fingerprint density at radius 2 is 2.20 bits per heavy atom. The normalized spacial score (nSPS) is 13.8. The average molecular weight is 298 g/mol. The largest absolute Gasteiger partial charge is 0.468 e. The molecule has 0 aliphatic heterocycles. The molecule has 0 radical (unpaired) electrons. The van der Waals surface area contributed by atoms with Crippen LogP contribution in [0.15, 0.2) is 27.5 Å². The minimum Gasteiger partial charge on any atom is -0.468 e. The highest BCUT2D eigenvalue weighted by atomic mass is 32.3. The van der Waals surface area contributed by atoms with Crippen LogP contribution in [0.3, 0.4) is 0 Å². The quantitative estimate of drug-likeness (QED) is 0.733. The molecule has 20 heavy (non-hydrogen) atoms. The molecule has 0 bridgehead atoms. The predicted octanol–water partition coefficient (Wildman–Crippen LogP) is 2.19. The monoisotopic (exact) mass is 298 g/mol. The third-order valence-corrected chi connectivity index (χ3v) is 3.39. The lowest BCUT2D eigenvalue weighted by atomic mass is 10.2. The molecule has 3 N–H and O–H groups in total. The summed E-state index contributed by atoms with van der Waals surface area (Å²) in [5.74, 6) is -2.29. The zero-order chi connectivity index (χ0) is 14.9. The van der Waals surface area contributed by atoms with Crippen molar-refractivity contribution in [2.75, 3.05) is 7.11 Å². The van der Waals surface area contributed by atoms with Gasteiger partial charge in [0.25, 0.3) is 0 Å². The van der Waals surface area contributed by atoms with E-state index in [-0.39, 0.29) is 21.9 Å². The maximum atomic E-state index is 11.4. The lowest BCUT2D eigenvalue weighted by Crippen LogP contribution is -2.12. The number of carbonyl (C=O) groups is 1. The summed E-state index contributed by atoms with van der Waals surface area (Å²) in [5, 5.41) is 8.92. The van der Waals surface area contributed by atoms with Crippen molar-refractivity contribution in [2.24, 2.45) is 0 Å². The number of hydrogen-bond acceptors (Lipinski definition) is 8. The maximum absolute atomic E-state index is 11.4. The number of fused-ring (bicyclic) bond motifs is 1. The first-order valence-electron chi connectivity index (χ1n) is 5.25. The van der Waals surface area contributed by atoms with Crippen LogP contribution in [0.4, 0.5) is 0 Å². The molecular formula is C11H10N2O6S. The van der Waals surface area contributed by atoms with Gasteiger partial charge in [-0.2, -0.15) is 5.26 Å². The van der Waals surface area contributed by atoms with Gasteiger partial charge in [0.2, 0.25) is 11.8 Å². The zero-order valence-electron chi connectivity index (χ0n) is 10.2. The molecule has 0 aliphatic rings. The predicted molar refractivity (Wildman–Crippen MR) is 68.1 cm³/mol. The molecule has 0 saturated heterocycles. The molecule has 1 aromatic heterocycles. The summed E-state index contributed by atoms with van der Waals surface area (Å²) in [6.07, 6.45) is 0. The van der Waals surface area contributed by atoms with E-state index in [9.17, 15) is 4.79 Å². The van der Waals surface area contributed by atoms with Crippen LogP contribution in [0.25, 0.3) is 11.1 Å². The second-order valence-electron chi connectivity index (χ2n) is 3.79. The Hall–Kier alpha value is -2.12. The van der Waals surface area contributed by atoms with E-state index in [0.29, 0.717) is 0 Å². The van der Waals surface area contributed by atoms with Gasteiger partial charge in [-0.25, -0.2) is 4.98 Å². The topological polar surface area (TPSA) is 137 Å². The molecule has 0 fully saturated rings. The van der Waals surface area contributed by atoms with Crippen molar-refractivity contribution in [2.45, 2.75) is 10.8 Å². The molecule has 0 amide bonds. The molecule has 1 unspecified atom stereocenters. The summed E-state index contributed by atoms with van der Waals surface area (Å²) >= 11 is 0. The van der Waals surface area contributed by atoms with E-state index in [0.717, 1.165) is 7.11 Å². The molecule has 0 saturated carbocycles. The minimum absolute atomic E-state index is 0.142. The molecule has 106 valence electrons. The number of nitriles is 1. The summed E-state index contributed by atoms with van der Waals surface area (Å²) in [5.41, 5.74) is 0.409. The van der Waals surface area contributed by atoms with Gasteiger partial charge >= 0.3 is 5.97 Å². The third kappa shape index (κ3) is 2.59. The molecule has 9 heteroatoms. The van der Waals surface area contributed by atoms with Crippen LogP contribution < -0.4 is 0 Å². The fraction of sp³-hybridized carbons (Fsp3) is 0.182. The molecule has 1 heterocycles. The van der Waals surface area contributed by atoms with E-state index >= 15 is 0 Å². The van der Waals surface area contributed by atoms with Crippen LogP contribution >= 0.6 is 10.9 Å². The van der Waals surface area contributed by atoms with Gasteiger partial charge in [-0.1, -0.05) is 0 Å². The van der Waals surface area contributed by atoms with E-state index in [1.807, 2.05) is 0 Å². The van der Waals surface area contributed by atoms with E-state index in [1.54, 1.807) is 6.07 Å². The Bertz CT molecular complexity index is 699. The van der Waals surface area contributed by atoms with Gasteiger partial charge in [-0.3, -0.25) is 4.79 Å². The SMILES string of the molecule is COC(=O)C(C#N)c1nc2cc(S(O)(O)O)ccc2o1. The second kappa shape index (κ2) is 5.10. The highest BCUT2D eigenvalue weighted by Crippen LogP contribution is 2.44. The number of ether oxygens (including phenoxy) is 1. The maximum Gasteiger partial charge on any atom is 0.332 e. The van der Waals surface area contributed by atoms with Crippen LogP contribution in [0.2, 0.25) is 0 Å². The summed E-state index contributed by atoms with van der Waals surface area (Å²) in [7, 11) is -2.74. The number of esters is 1. The van der Waals surface area contributed by atoms with Crippen LogP contribution in [-0.2, 0) is 9.53 Å². The first-order valence-corrected chi connectivity index (χ1v) is 6.76. The van der Waals surface area contributed by atoms with Gasteiger partial charge in [0, 0.05) is 0 Å². The first-order chi connectivity index (χ1) is 9.36. The van der Waals surface area contributed by atoms with Crippen molar-refractivity contribution in [1.29, 1.82) is 5.26 Å². The smallest absolute Gasteiger partial charge is 0.332 e. The van der Waals surface area contributed by atoms with Gasteiger partial charge in [0.05, 0.1) is 18.1 Å². The van der Waals surface area contributed by atoms with Crippen LogP contribution in [0.1, 0.15) is 11.8 Å². The number of rotatable bonds is 3. The van der Waals surface area contributed by atoms with Gasteiger partial charge in [-0.05, 0) is 18.2 Å². The van der Waals surface area contributed by atoms with E-state index in [2.05, 4.69) is 9.72 Å². The Balaban J connectivity index is 2.49. The number of nitrogens with zero attached hydrogens (tertiary/aromatic N) is 2. The van der Waals surface area contributed by atoms with E-state index in [1.165, 1.54) is 18.2 Å². The molecule has 0 spiro atoms. The van der Waals surface area contributed by atoms with Crippen LogP contribution in [-0.4, -0.2) is 31.7 Å². The molecule has 2 aromatic rings. The molecule has 1 atom stereocenters. The fourth-order valence-electron chi connectivity index (χ4n) is 1.55. The zero-order valence-corrected chi connectivity index (χ0v) is 11.0. The number of carbonyl (C=O) groups excluding carboxylic acids is 1. The number of benzene rings is 1. The number of hydrogen-bond donors (Lipinski definition) is 3. The highest BCUT2D eigenvalue weighted by molar-refractivity contribution is 8.19. The van der Waals surface area contributed by atoms with Crippen LogP contribution in [0, 0.1) is 11.3 Å². The van der Waals surface area contributed by atoms with Gasteiger partial charge < -0.3 is 22.8 Å². The number of oxazole rings is 1. The highest BCUT2D eigenvalue weighted by Gasteiger charge is 2.27. The molecule has 8 nitrogen and oxygen atoms in total. The number of aromatic nitrogens is 1. The Morgan fingerprint density at radius 3 is 2.75 bits per heavy atom. The Kier molecular flexibility index (Phi) is 3.65. The Labute approximate surface area is 114 Å². The Morgan fingerprint density at radius 1 is 1.50 bits per heavy atom. The summed E-state index contributed by atoms with van der Waals surface area (Å²) in [4.78, 5) is 15.2. The molecule has 1 aromatic carbocycles. The lowest BCUT2D eigenvalue weighted by Gasteiger charge is -2.18. The molecule has 0 aliphatic carbocycles. The average Bonchev–Trinajstić information content (AvgIpc) is 2.80. The van der Waals surface area contributed by atoms with E-state index in [4.69, 9.17) is 23.3 Å². The summed E-state index contributed by atoms with van der Waals surface area (Å²) in [6.45, 7) is 0. The summed E-state index contributed by atoms with van der Waals surface area (Å²) in [6, 6.07) is 5.49. The molecule has 2 rings (SSSR count). The van der Waals surface area contributed by atoms with Gasteiger partial charge in [-0.15, -0.1) is 0 Å². The minimum atomic E-state index is -3.87. The van der Waals surface area contributed by atoms with Crippen molar-refractivity contribution in [1.82, 2.24) is 4.98 Å². The first kappa shape index (κ1) is 14.3. The van der Waals surface area contributed by atoms with Crippen molar-refractivity contribution in [3.05, 3.63) is 24.1 Å². The number of methoxy groups -OCH3 is 1. The summed E-state index contributed by atoms with van der Waals surface area (Å²) < 4.78 is 37.1. The van der Waals surface area contributed by atoms with Gasteiger partial charge in [0.15, 0.2) is 5.58 Å². The van der Waals surface area contributed by atoms with Gasteiger partial charge in [0.1, 0.15) is 16.4 Å². The van der Waals surface area contributed by atoms with Crippen molar-refractivity contribution >= 4 is 27.9 Å². The van der Waals surface area contributed by atoms with Crippen LogP contribution in [0.5, 0.6) is 0 Å². The lowest BCUT2D eigenvalue weighted by molar-refractivity contribution is -0.141.